The summed E-state index contributed by atoms with van der Waals surface area (Å²) in [6.45, 7) is 8.85. The van der Waals surface area contributed by atoms with Gasteiger partial charge in [0.25, 0.3) is 0 Å². The van der Waals surface area contributed by atoms with Crippen LogP contribution in [0.4, 0.5) is 0 Å². The fourth-order valence-electron chi connectivity index (χ4n) is 3.63. The summed E-state index contributed by atoms with van der Waals surface area (Å²) in [4.78, 5) is 2.61. The van der Waals surface area contributed by atoms with E-state index < -0.39 is 0 Å². The van der Waals surface area contributed by atoms with Gasteiger partial charge in [-0.15, -0.1) is 0 Å². The minimum Gasteiger partial charge on any atom is -0.330 e. The van der Waals surface area contributed by atoms with Crippen LogP contribution in [0.3, 0.4) is 0 Å². The Morgan fingerprint density at radius 1 is 1.18 bits per heavy atom. The van der Waals surface area contributed by atoms with Gasteiger partial charge in [-0.25, -0.2) is 0 Å². The highest BCUT2D eigenvalue weighted by molar-refractivity contribution is 6.30. The maximum absolute atomic E-state index is 6.13. The van der Waals surface area contributed by atoms with Crippen LogP contribution in [0, 0.1) is 17.8 Å². The van der Waals surface area contributed by atoms with Crippen LogP contribution in [0.5, 0.6) is 0 Å². The molecule has 0 heterocycles. The van der Waals surface area contributed by atoms with E-state index in [9.17, 15) is 0 Å². The van der Waals surface area contributed by atoms with Gasteiger partial charge in [-0.2, -0.15) is 0 Å². The molecule has 0 saturated heterocycles. The van der Waals surface area contributed by atoms with Crippen molar-refractivity contribution < 1.29 is 0 Å². The number of benzene rings is 1. The fraction of sp³-hybridized carbons (Fsp3) is 0.684. The summed E-state index contributed by atoms with van der Waals surface area (Å²) in [7, 11) is 0. The summed E-state index contributed by atoms with van der Waals surface area (Å²) in [5.74, 6) is 2.29. The maximum atomic E-state index is 6.13. The Morgan fingerprint density at radius 2 is 1.86 bits per heavy atom. The van der Waals surface area contributed by atoms with Gasteiger partial charge in [0.2, 0.25) is 0 Å². The summed E-state index contributed by atoms with van der Waals surface area (Å²) in [5, 5.41) is 0.838. The van der Waals surface area contributed by atoms with Crippen molar-refractivity contribution in [1.82, 2.24) is 4.90 Å². The lowest BCUT2D eigenvalue weighted by Gasteiger charge is -2.33. The summed E-state index contributed by atoms with van der Waals surface area (Å²) in [5.41, 5.74) is 7.13. The molecular weight excluding hydrogens is 292 g/mol. The van der Waals surface area contributed by atoms with E-state index in [1.807, 2.05) is 6.07 Å². The predicted molar refractivity (Wildman–Crippen MR) is 96.1 cm³/mol. The van der Waals surface area contributed by atoms with Crippen molar-refractivity contribution in [3.05, 3.63) is 34.9 Å². The molecule has 1 fully saturated rings. The molecule has 1 aliphatic carbocycles. The van der Waals surface area contributed by atoms with E-state index in [-0.39, 0.29) is 0 Å². The van der Waals surface area contributed by atoms with E-state index >= 15 is 0 Å². The van der Waals surface area contributed by atoms with E-state index in [0.29, 0.717) is 5.92 Å². The van der Waals surface area contributed by atoms with Crippen LogP contribution in [0.25, 0.3) is 0 Å². The molecule has 1 saturated carbocycles. The number of hydrogen-bond donors (Lipinski definition) is 1. The Kier molecular flexibility index (Phi) is 7.20. The summed E-state index contributed by atoms with van der Waals surface area (Å²) in [6, 6.07) is 8.29. The molecule has 0 aromatic heterocycles. The van der Waals surface area contributed by atoms with Crippen molar-refractivity contribution in [3.63, 3.8) is 0 Å². The standard InChI is InChI=1S/C19H31ClN2/c1-15(2)12-22(14-18-4-3-5-19(20)10-18)13-17-8-6-16(11-21)7-9-17/h3-5,10,15-17H,6-9,11-14,21H2,1-2H3. The molecule has 2 rings (SSSR count). The van der Waals surface area contributed by atoms with Crippen LogP contribution >= 0.6 is 11.6 Å². The first-order chi connectivity index (χ1) is 10.6. The SMILES string of the molecule is CC(C)CN(Cc1cccc(Cl)c1)CC1CCC(CN)CC1. The molecule has 124 valence electrons. The third kappa shape index (κ3) is 5.91. The van der Waals surface area contributed by atoms with Crippen molar-refractivity contribution in [2.24, 2.45) is 23.5 Å². The van der Waals surface area contributed by atoms with E-state index in [1.165, 1.54) is 37.8 Å². The van der Waals surface area contributed by atoms with E-state index in [4.69, 9.17) is 17.3 Å². The highest BCUT2D eigenvalue weighted by Gasteiger charge is 2.22. The molecular formula is C19H31ClN2. The lowest BCUT2D eigenvalue weighted by molar-refractivity contribution is 0.162. The lowest BCUT2D eigenvalue weighted by Crippen LogP contribution is -2.34. The summed E-state index contributed by atoms with van der Waals surface area (Å²) >= 11 is 6.13. The normalized spacial score (nSPS) is 22.5. The quantitative estimate of drug-likeness (QED) is 0.797. The molecule has 1 aromatic carbocycles. The molecule has 0 aliphatic heterocycles. The maximum Gasteiger partial charge on any atom is 0.0409 e. The van der Waals surface area contributed by atoms with Crippen LogP contribution in [0.15, 0.2) is 24.3 Å². The van der Waals surface area contributed by atoms with Gasteiger partial charge < -0.3 is 5.73 Å². The van der Waals surface area contributed by atoms with Crippen LogP contribution in [-0.2, 0) is 6.54 Å². The van der Waals surface area contributed by atoms with Crippen LogP contribution in [-0.4, -0.2) is 24.5 Å². The van der Waals surface area contributed by atoms with Gasteiger partial charge in [0.15, 0.2) is 0 Å². The van der Waals surface area contributed by atoms with Crippen molar-refractivity contribution in [3.8, 4) is 0 Å². The zero-order valence-corrected chi connectivity index (χ0v) is 14.9. The third-order valence-corrected chi connectivity index (χ3v) is 4.97. The molecule has 0 amide bonds. The van der Waals surface area contributed by atoms with Gasteiger partial charge in [0.1, 0.15) is 0 Å². The number of nitrogens with zero attached hydrogens (tertiary/aromatic N) is 1. The zero-order valence-electron chi connectivity index (χ0n) is 14.1. The largest absolute Gasteiger partial charge is 0.330 e. The number of nitrogens with two attached hydrogens (primary N) is 1. The molecule has 1 aliphatic rings. The van der Waals surface area contributed by atoms with Gasteiger partial charge in [0, 0.05) is 24.7 Å². The molecule has 0 unspecified atom stereocenters. The first kappa shape index (κ1) is 17.8. The topological polar surface area (TPSA) is 29.3 Å². The first-order valence-electron chi connectivity index (χ1n) is 8.73. The van der Waals surface area contributed by atoms with E-state index in [0.717, 1.165) is 36.5 Å². The first-order valence-corrected chi connectivity index (χ1v) is 9.11. The molecule has 2 nitrogen and oxygen atoms in total. The third-order valence-electron chi connectivity index (χ3n) is 4.73. The Morgan fingerprint density at radius 3 is 2.45 bits per heavy atom. The van der Waals surface area contributed by atoms with Gasteiger partial charge >= 0.3 is 0 Å². The monoisotopic (exact) mass is 322 g/mol. The molecule has 0 atom stereocenters. The number of rotatable bonds is 7. The van der Waals surface area contributed by atoms with Gasteiger partial charge in [-0.1, -0.05) is 37.6 Å². The number of halogens is 1. The van der Waals surface area contributed by atoms with Crippen molar-refractivity contribution in [2.45, 2.75) is 46.1 Å². The Bertz CT molecular complexity index is 439. The predicted octanol–water partition coefficient (Wildman–Crippen LogP) is 4.56. The van der Waals surface area contributed by atoms with Crippen molar-refractivity contribution in [1.29, 1.82) is 0 Å². The average Bonchev–Trinajstić information content (AvgIpc) is 2.47. The molecule has 3 heteroatoms. The summed E-state index contributed by atoms with van der Waals surface area (Å²) in [6.07, 6.45) is 5.31. The van der Waals surface area contributed by atoms with Crippen LogP contribution in [0.2, 0.25) is 5.02 Å². The molecule has 0 radical (unpaired) electrons. The highest BCUT2D eigenvalue weighted by atomic mass is 35.5. The smallest absolute Gasteiger partial charge is 0.0409 e. The Labute approximate surface area is 141 Å². The fourth-order valence-corrected chi connectivity index (χ4v) is 3.84. The minimum atomic E-state index is 0.694. The number of hydrogen-bond acceptors (Lipinski definition) is 2. The second-order valence-electron chi connectivity index (χ2n) is 7.34. The molecule has 0 spiro atoms. The molecule has 22 heavy (non-hydrogen) atoms. The summed E-state index contributed by atoms with van der Waals surface area (Å²) < 4.78 is 0. The minimum absolute atomic E-state index is 0.694. The zero-order chi connectivity index (χ0) is 15.9. The molecule has 0 bridgehead atoms. The van der Waals surface area contributed by atoms with Crippen molar-refractivity contribution >= 4 is 11.6 Å². The van der Waals surface area contributed by atoms with Crippen molar-refractivity contribution in [2.75, 3.05) is 19.6 Å². The van der Waals surface area contributed by atoms with Gasteiger partial charge in [0.05, 0.1) is 0 Å². The Hall–Kier alpha value is -0.570. The highest BCUT2D eigenvalue weighted by Crippen LogP contribution is 2.29. The average molecular weight is 323 g/mol. The van der Waals surface area contributed by atoms with Gasteiger partial charge in [-0.3, -0.25) is 4.90 Å². The lowest BCUT2D eigenvalue weighted by atomic mass is 9.81. The van der Waals surface area contributed by atoms with Gasteiger partial charge in [-0.05, 0) is 67.7 Å². The Balaban J connectivity index is 1.91. The van der Waals surface area contributed by atoms with E-state index in [1.54, 1.807) is 0 Å². The molecule has 2 N–H and O–H groups in total. The second kappa shape index (κ2) is 8.90. The second-order valence-corrected chi connectivity index (χ2v) is 7.78. The van der Waals surface area contributed by atoms with Crippen LogP contribution < -0.4 is 5.73 Å². The van der Waals surface area contributed by atoms with E-state index in [2.05, 4.69) is 36.9 Å². The molecule has 1 aromatic rings. The van der Waals surface area contributed by atoms with Crippen LogP contribution in [0.1, 0.15) is 45.1 Å².